The Balaban J connectivity index is 2.31. The molecule has 2 rings (SSSR count). The van der Waals surface area contributed by atoms with Crippen molar-refractivity contribution in [2.45, 2.75) is 26.5 Å². The van der Waals surface area contributed by atoms with Crippen molar-refractivity contribution in [1.82, 2.24) is 9.78 Å². The van der Waals surface area contributed by atoms with Crippen LogP contribution >= 0.6 is 0 Å². The molecule has 1 N–H and O–H groups in total. The molecule has 0 aliphatic rings. The minimum atomic E-state index is -0.582. The first-order valence-electron chi connectivity index (χ1n) is 5.48. The van der Waals surface area contributed by atoms with Gasteiger partial charge in [-0.15, -0.1) is 0 Å². The van der Waals surface area contributed by atoms with Crippen LogP contribution in [-0.2, 0) is 6.54 Å². The van der Waals surface area contributed by atoms with E-state index in [-0.39, 0.29) is 0 Å². The lowest BCUT2D eigenvalue weighted by atomic mass is 10.00. The van der Waals surface area contributed by atoms with Crippen LogP contribution in [0.1, 0.15) is 29.7 Å². The van der Waals surface area contributed by atoms with Gasteiger partial charge in [-0.05, 0) is 25.0 Å². The van der Waals surface area contributed by atoms with Gasteiger partial charge in [0.15, 0.2) is 0 Å². The fraction of sp³-hybridized carbons (Fsp3) is 0.308. The second-order valence-electron chi connectivity index (χ2n) is 3.89. The lowest BCUT2D eigenvalue weighted by molar-refractivity contribution is 0.219. The van der Waals surface area contributed by atoms with Gasteiger partial charge in [0.2, 0.25) is 0 Å². The fourth-order valence-electron chi connectivity index (χ4n) is 1.77. The second kappa shape index (κ2) is 4.49. The Hall–Kier alpha value is -1.61. The molecule has 0 saturated carbocycles. The van der Waals surface area contributed by atoms with E-state index in [9.17, 15) is 5.11 Å². The smallest absolute Gasteiger partial charge is 0.107 e. The van der Waals surface area contributed by atoms with E-state index in [0.717, 1.165) is 23.2 Å². The van der Waals surface area contributed by atoms with E-state index in [1.54, 1.807) is 6.20 Å². The summed E-state index contributed by atoms with van der Waals surface area (Å²) < 4.78 is 1.82. The normalized spacial score (nSPS) is 12.7. The summed E-state index contributed by atoms with van der Waals surface area (Å²) in [6, 6.07) is 7.86. The molecular formula is C13H16N2O. The molecule has 2 aromatic rings. The molecule has 1 atom stereocenters. The van der Waals surface area contributed by atoms with Gasteiger partial charge in [0, 0.05) is 18.3 Å². The zero-order valence-electron chi connectivity index (χ0n) is 9.59. The molecule has 0 saturated heterocycles. The molecule has 16 heavy (non-hydrogen) atoms. The molecule has 0 amide bonds. The average Bonchev–Trinajstić information content (AvgIpc) is 2.77. The molecular weight excluding hydrogens is 200 g/mol. The summed E-state index contributed by atoms with van der Waals surface area (Å²) in [6.07, 6.45) is 3.03. The van der Waals surface area contributed by atoms with Gasteiger partial charge in [-0.3, -0.25) is 4.68 Å². The molecule has 0 spiro atoms. The summed E-state index contributed by atoms with van der Waals surface area (Å²) >= 11 is 0. The zero-order valence-corrected chi connectivity index (χ0v) is 9.59. The molecule has 0 fully saturated rings. The standard InChI is InChI=1S/C13H16N2O/c1-3-15-9-11(8-14-15)13(16)12-7-5-4-6-10(12)2/h4-9,13,16H,3H2,1-2H3. The van der Waals surface area contributed by atoms with Crippen molar-refractivity contribution in [2.75, 3.05) is 0 Å². The van der Waals surface area contributed by atoms with E-state index in [2.05, 4.69) is 5.10 Å². The number of nitrogens with zero attached hydrogens (tertiary/aromatic N) is 2. The highest BCUT2D eigenvalue weighted by Crippen LogP contribution is 2.23. The van der Waals surface area contributed by atoms with E-state index >= 15 is 0 Å². The second-order valence-corrected chi connectivity index (χ2v) is 3.89. The number of rotatable bonds is 3. The van der Waals surface area contributed by atoms with E-state index in [4.69, 9.17) is 0 Å². The third kappa shape index (κ3) is 1.99. The van der Waals surface area contributed by atoms with Crippen LogP contribution in [0.5, 0.6) is 0 Å². The van der Waals surface area contributed by atoms with Crippen LogP contribution in [0, 0.1) is 6.92 Å². The molecule has 0 aliphatic carbocycles. The maximum atomic E-state index is 10.2. The highest BCUT2D eigenvalue weighted by Gasteiger charge is 2.13. The maximum Gasteiger partial charge on any atom is 0.107 e. The molecule has 1 aromatic heterocycles. The van der Waals surface area contributed by atoms with Gasteiger partial charge < -0.3 is 5.11 Å². The molecule has 0 aliphatic heterocycles. The molecule has 1 aromatic carbocycles. The molecule has 1 heterocycles. The zero-order chi connectivity index (χ0) is 11.5. The molecule has 0 bridgehead atoms. The molecule has 3 nitrogen and oxygen atoms in total. The maximum absolute atomic E-state index is 10.2. The Bertz CT molecular complexity index is 476. The average molecular weight is 216 g/mol. The van der Waals surface area contributed by atoms with Gasteiger partial charge in [0.05, 0.1) is 6.20 Å². The summed E-state index contributed by atoms with van der Waals surface area (Å²) in [5.74, 6) is 0. The molecule has 3 heteroatoms. The van der Waals surface area contributed by atoms with Crippen molar-refractivity contribution in [3.8, 4) is 0 Å². The van der Waals surface area contributed by atoms with Crippen LogP contribution in [0.3, 0.4) is 0 Å². The van der Waals surface area contributed by atoms with Crippen LogP contribution < -0.4 is 0 Å². The Morgan fingerprint density at radius 1 is 1.38 bits per heavy atom. The Morgan fingerprint density at radius 3 is 2.75 bits per heavy atom. The fourth-order valence-corrected chi connectivity index (χ4v) is 1.77. The van der Waals surface area contributed by atoms with Crippen LogP contribution in [0.25, 0.3) is 0 Å². The van der Waals surface area contributed by atoms with E-state index < -0.39 is 6.10 Å². The third-order valence-corrected chi connectivity index (χ3v) is 2.78. The highest BCUT2D eigenvalue weighted by molar-refractivity contribution is 5.33. The van der Waals surface area contributed by atoms with Crippen molar-refractivity contribution in [1.29, 1.82) is 0 Å². The van der Waals surface area contributed by atoms with E-state index in [0.29, 0.717) is 0 Å². The van der Waals surface area contributed by atoms with Gasteiger partial charge in [0.1, 0.15) is 6.10 Å². The summed E-state index contributed by atoms with van der Waals surface area (Å²) in [5, 5.41) is 14.4. The number of aryl methyl sites for hydroxylation is 2. The quantitative estimate of drug-likeness (QED) is 0.854. The summed E-state index contributed by atoms with van der Waals surface area (Å²) in [5.41, 5.74) is 2.88. The largest absolute Gasteiger partial charge is 0.384 e. The summed E-state index contributed by atoms with van der Waals surface area (Å²) in [6.45, 7) is 4.85. The van der Waals surface area contributed by atoms with Gasteiger partial charge in [0.25, 0.3) is 0 Å². The molecule has 84 valence electrons. The first kappa shape index (κ1) is 10.9. The minimum Gasteiger partial charge on any atom is -0.384 e. The van der Waals surface area contributed by atoms with Crippen molar-refractivity contribution in [3.63, 3.8) is 0 Å². The van der Waals surface area contributed by atoms with Crippen molar-refractivity contribution in [3.05, 3.63) is 53.3 Å². The highest BCUT2D eigenvalue weighted by atomic mass is 16.3. The summed E-state index contributed by atoms with van der Waals surface area (Å²) in [7, 11) is 0. The minimum absolute atomic E-state index is 0.582. The van der Waals surface area contributed by atoms with Gasteiger partial charge in [-0.25, -0.2) is 0 Å². The summed E-state index contributed by atoms with van der Waals surface area (Å²) in [4.78, 5) is 0. The first-order valence-corrected chi connectivity index (χ1v) is 5.48. The first-order chi connectivity index (χ1) is 7.72. The lowest BCUT2D eigenvalue weighted by Gasteiger charge is -2.11. The number of hydrogen-bond donors (Lipinski definition) is 1. The SMILES string of the molecule is CCn1cc(C(O)c2ccccc2C)cn1. The van der Waals surface area contributed by atoms with Crippen LogP contribution in [0.4, 0.5) is 0 Å². The third-order valence-electron chi connectivity index (χ3n) is 2.78. The number of aromatic nitrogens is 2. The number of hydrogen-bond acceptors (Lipinski definition) is 2. The molecule has 0 radical (unpaired) electrons. The Morgan fingerprint density at radius 2 is 2.12 bits per heavy atom. The topological polar surface area (TPSA) is 38.0 Å². The lowest BCUT2D eigenvalue weighted by Crippen LogP contribution is -2.00. The number of aliphatic hydroxyl groups excluding tert-OH is 1. The van der Waals surface area contributed by atoms with Crippen molar-refractivity contribution in [2.24, 2.45) is 0 Å². The van der Waals surface area contributed by atoms with Gasteiger partial charge in [-0.1, -0.05) is 24.3 Å². The van der Waals surface area contributed by atoms with E-state index in [1.807, 2.05) is 49.0 Å². The van der Waals surface area contributed by atoms with Crippen LogP contribution in [-0.4, -0.2) is 14.9 Å². The Labute approximate surface area is 95.3 Å². The monoisotopic (exact) mass is 216 g/mol. The van der Waals surface area contributed by atoms with Crippen molar-refractivity contribution < 1.29 is 5.11 Å². The van der Waals surface area contributed by atoms with Crippen molar-refractivity contribution >= 4 is 0 Å². The van der Waals surface area contributed by atoms with Gasteiger partial charge >= 0.3 is 0 Å². The van der Waals surface area contributed by atoms with Gasteiger partial charge in [-0.2, -0.15) is 5.10 Å². The van der Waals surface area contributed by atoms with E-state index in [1.165, 1.54) is 0 Å². The van der Waals surface area contributed by atoms with Crippen LogP contribution in [0.15, 0.2) is 36.7 Å². The molecule has 1 unspecified atom stereocenters. The number of aliphatic hydroxyl groups is 1. The predicted octanol–water partition coefficient (Wildman–Crippen LogP) is 2.29. The van der Waals surface area contributed by atoms with Crippen LogP contribution in [0.2, 0.25) is 0 Å². The predicted molar refractivity (Wildman–Crippen MR) is 63.1 cm³/mol. The number of benzene rings is 1. The Kier molecular flexibility index (Phi) is 3.06.